The number of aliphatic imine (C=N–C) groups is 1. The Morgan fingerprint density at radius 3 is 2.83 bits per heavy atom. The summed E-state index contributed by atoms with van der Waals surface area (Å²) in [6.45, 7) is 1.83. The SMILES string of the molecule is Brc1cc(CCc2ccccc2C2=NCCN2)c2sccc2c1. The minimum absolute atomic E-state index is 0.880. The highest BCUT2D eigenvalue weighted by Crippen LogP contribution is 2.30. The van der Waals surface area contributed by atoms with Crippen LogP contribution in [0.5, 0.6) is 0 Å². The van der Waals surface area contributed by atoms with Gasteiger partial charge in [-0.3, -0.25) is 4.99 Å². The second-order valence-corrected chi connectivity index (χ2v) is 7.55. The van der Waals surface area contributed by atoms with E-state index in [2.05, 4.69) is 74.1 Å². The number of thiophene rings is 1. The van der Waals surface area contributed by atoms with Crippen LogP contribution in [0.3, 0.4) is 0 Å². The molecule has 0 bridgehead atoms. The van der Waals surface area contributed by atoms with E-state index in [1.165, 1.54) is 26.8 Å². The van der Waals surface area contributed by atoms with Gasteiger partial charge >= 0.3 is 0 Å². The van der Waals surface area contributed by atoms with Crippen LogP contribution in [0.15, 0.2) is 57.3 Å². The number of benzene rings is 2. The normalized spacial score (nSPS) is 14.0. The number of hydrogen-bond acceptors (Lipinski definition) is 3. The van der Waals surface area contributed by atoms with Gasteiger partial charge in [0.15, 0.2) is 0 Å². The molecule has 0 aliphatic carbocycles. The van der Waals surface area contributed by atoms with Gasteiger partial charge in [0, 0.05) is 21.3 Å². The molecule has 0 fully saturated rings. The van der Waals surface area contributed by atoms with E-state index in [0.29, 0.717) is 0 Å². The summed E-state index contributed by atoms with van der Waals surface area (Å²) < 4.78 is 2.57. The van der Waals surface area contributed by atoms with Crippen molar-refractivity contribution in [3.63, 3.8) is 0 Å². The molecule has 1 N–H and O–H groups in total. The van der Waals surface area contributed by atoms with Crippen molar-refractivity contribution in [2.75, 3.05) is 13.1 Å². The summed E-state index contributed by atoms with van der Waals surface area (Å²) in [6, 6.07) is 15.3. The summed E-state index contributed by atoms with van der Waals surface area (Å²) in [5.41, 5.74) is 4.04. The molecule has 0 unspecified atom stereocenters. The van der Waals surface area contributed by atoms with Crippen molar-refractivity contribution in [1.29, 1.82) is 0 Å². The van der Waals surface area contributed by atoms with Crippen molar-refractivity contribution in [3.8, 4) is 0 Å². The maximum absolute atomic E-state index is 4.58. The number of fused-ring (bicyclic) bond motifs is 1. The number of rotatable bonds is 4. The Hall–Kier alpha value is -1.65. The highest BCUT2D eigenvalue weighted by molar-refractivity contribution is 9.10. The monoisotopic (exact) mass is 384 g/mol. The lowest BCUT2D eigenvalue weighted by molar-refractivity contribution is 0.950. The first kappa shape index (κ1) is 14.9. The number of hydrogen-bond donors (Lipinski definition) is 1. The molecule has 23 heavy (non-hydrogen) atoms. The summed E-state index contributed by atoms with van der Waals surface area (Å²) in [6.07, 6.45) is 2.07. The lowest BCUT2D eigenvalue weighted by atomic mass is 9.98. The molecule has 3 aromatic rings. The number of halogens is 1. The first-order valence-corrected chi connectivity index (χ1v) is 9.51. The van der Waals surface area contributed by atoms with E-state index in [9.17, 15) is 0 Å². The van der Waals surface area contributed by atoms with Gasteiger partial charge in [0.1, 0.15) is 5.84 Å². The highest BCUT2D eigenvalue weighted by atomic mass is 79.9. The van der Waals surface area contributed by atoms with Gasteiger partial charge in [-0.1, -0.05) is 40.2 Å². The molecule has 4 rings (SSSR count). The summed E-state index contributed by atoms with van der Waals surface area (Å²) in [7, 11) is 0. The zero-order valence-electron chi connectivity index (χ0n) is 12.7. The van der Waals surface area contributed by atoms with Crippen LogP contribution < -0.4 is 5.32 Å². The Morgan fingerprint density at radius 1 is 1.09 bits per heavy atom. The van der Waals surface area contributed by atoms with Gasteiger partial charge in [-0.05, 0) is 52.9 Å². The molecule has 0 spiro atoms. The van der Waals surface area contributed by atoms with Gasteiger partial charge in [0.25, 0.3) is 0 Å². The second-order valence-electron chi connectivity index (χ2n) is 5.72. The fourth-order valence-corrected chi connectivity index (χ4v) is 4.57. The molecule has 0 radical (unpaired) electrons. The van der Waals surface area contributed by atoms with Crippen LogP contribution in [0, 0.1) is 0 Å². The van der Waals surface area contributed by atoms with E-state index in [4.69, 9.17) is 0 Å². The van der Waals surface area contributed by atoms with E-state index in [1.54, 1.807) is 0 Å². The molecule has 0 amide bonds. The van der Waals surface area contributed by atoms with Gasteiger partial charge < -0.3 is 5.32 Å². The summed E-state index contributed by atoms with van der Waals surface area (Å²) in [5.74, 6) is 1.05. The Bertz CT molecular complexity index is 882. The minimum Gasteiger partial charge on any atom is -0.368 e. The lowest BCUT2D eigenvalue weighted by Gasteiger charge is -2.11. The fourth-order valence-electron chi connectivity index (χ4n) is 3.12. The van der Waals surface area contributed by atoms with Crippen LogP contribution in [0.1, 0.15) is 16.7 Å². The second kappa shape index (κ2) is 6.46. The van der Waals surface area contributed by atoms with Crippen LogP contribution in [-0.2, 0) is 12.8 Å². The minimum atomic E-state index is 0.880. The standard InChI is InChI=1S/C19H17BrN2S/c20-16-11-14(18-15(12-16)7-10-23-18)6-5-13-3-1-2-4-17(13)19-21-8-9-22-19/h1-4,7,10-12H,5-6,8-9H2,(H,21,22). The zero-order valence-corrected chi connectivity index (χ0v) is 15.1. The van der Waals surface area contributed by atoms with Crippen molar-refractivity contribution in [1.82, 2.24) is 5.32 Å². The van der Waals surface area contributed by atoms with E-state index in [1.807, 2.05) is 11.3 Å². The third-order valence-electron chi connectivity index (χ3n) is 4.20. The van der Waals surface area contributed by atoms with Crippen LogP contribution in [-0.4, -0.2) is 18.9 Å². The van der Waals surface area contributed by atoms with Crippen LogP contribution in [0.4, 0.5) is 0 Å². The first-order valence-electron chi connectivity index (χ1n) is 7.83. The summed E-state index contributed by atoms with van der Waals surface area (Å²) in [4.78, 5) is 4.58. The third-order valence-corrected chi connectivity index (χ3v) is 5.67. The number of nitrogens with one attached hydrogen (secondary N) is 1. The fraction of sp³-hybridized carbons (Fsp3) is 0.211. The molecule has 0 saturated carbocycles. The molecular weight excluding hydrogens is 368 g/mol. The van der Waals surface area contributed by atoms with Crippen LogP contribution >= 0.6 is 27.3 Å². The molecule has 1 aliphatic heterocycles. The number of amidine groups is 1. The smallest absolute Gasteiger partial charge is 0.128 e. The molecule has 0 saturated heterocycles. The molecule has 116 valence electrons. The molecule has 1 aromatic heterocycles. The first-order chi connectivity index (χ1) is 11.3. The maximum Gasteiger partial charge on any atom is 0.128 e. The van der Waals surface area contributed by atoms with Gasteiger partial charge in [-0.25, -0.2) is 0 Å². The Kier molecular flexibility index (Phi) is 4.19. The van der Waals surface area contributed by atoms with Gasteiger partial charge in [0.05, 0.1) is 6.54 Å². The quantitative estimate of drug-likeness (QED) is 0.686. The van der Waals surface area contributed by atoms with E-state index in [-0.39, 0.29) is 0 Å². The van der Waals surface area contributed by atoms with Crippen molar-refractivity contribution in [3.05, 3.63) is 69.0 Å². The molecule has 0 atom stereocenters. The zero-order chi connectivity index (χ0) is 15.6. The molecular formula is C19H17BrN2S. The lowest BCUT2D eigenvalue weighted by Crippen LogP contribution is -2.21. The number of nitrogens with zero attached hydrogens (tertiary/aromatic N) is 1. The molecule has 2 nitrogen and oxygen atoms in total. The van der Waals surface area contributed by atoms with E-state index in [0.717, 1.165) is 36.2 Å². The van der Waals surface area contributed by atoms with Gasteiger partial charge in [0.2, 0.25) is 0 Å². The average molecular weight is 385 g/mol. The van der Waals surface area contributed by atoms with Crippen molar-refractivity contribution >= 4 is 43.2 Å². The molecule has 2 heterocycles. The highest BCUT2D eigenvalue weighted by Gasteiger charge is 2.13. The van der Waals surface area contributed by atoms with Gasteiger partial charge in [-0.15, -0.1) is 11.3 Å². The topological polar surface area (TPSA) is 24.4 Å². The van der Waals surface area contributed by atoms with Crippen LogP contribution in [0.2, 0.25) is 0 Å². The molecule has 2 aromatic carbocycles. The molecule has 4 heteroatoms. The largest absolute Gasteiger partial charge is 0.368 e. The van der Waals surface area contributed by atoms with E-state index < -0.39 is 0 Å². The van der Waals surface area contributed by atoms with Crippen LogP contribution in [0.25, 0.3) is 10.1 Å². The summed E-state index contributed by atoms with van der Waals surface area (Å²) >= 11 is 5.47. The van der Waals surface area contributed by atoms with E-state index >= 15 is 0 Å². The predicted octanol–water partition coefficient (Wildman–Crippen LogP) is 4.80. The maximum atomic E-state index is 4.58. The van der Waals surface area contributed by atoms with Crippen molar-refractivity contribution < 1.29 is 0 Å². The summed E-state index contributed by atoms with van der Waals surface area (Å²) in [5, 5.41) is 6.89. The molecule has 1 aliphatic rings. The Labute approximate surface area is 148 Å². The predicted molar refractivity (Wildman–Crippen MR) is 103 cm³/mol. The third kappa shape index (κ3) is 3.06. The van der Waals surface area contributed by atoms with Crippen molar-refractivity contribution in [2.24, 2.45) is 4.99 Å². The van der Waals surface area contributed by atoms with Gasteiger partial charge in [-0.2, -0.15) is 0 Å². The Morgan fingerprint density at radius 2 is 1.96 bits per heavy atom. The average Bonchev–Trinajstić information content (AvgIpc) is 3.24. The Balaban J connectivity index is 1.63. The number of aryl methyl sites for hydroxylation is 2. The van der Waals surface area contributed by atoms with Crippen molar-refractivity contribution in [2.45, 2.75) is 12.8 Å².